The smallest absolute Gasteiger partial charge is 0.0210 e. The van der Waals surface area contributed by atoms with Crippen LogP contribution in [-0.4, -0.2) is 6.04 Å². The van der Waals surface area contributed by atoms with E-state index in [4.69, 9.17) is 5.73 Å². The summed E-state index contributed by atoms with van der Waals surface area (Å²) in [6.07, 6.45) is 3.68. The minimum atomic E-state index is 0.360. The lowest BCUT2D eigenvalue weighted by atomic mass is 9.95. The molecule has 0 amide bonds. The van der Waals surface area contributed by atoms with Crippen LogP contribution in [0.25, 0.3) is 0 Å². The predicted molar refractivity (Wildman–Crippen MR) is 58.7 cm³/mol. The van der Waals surface area contributed by atoms with Gasteiger partial charge in [0.2, 0.25) is 0 Å². The summed E-state index contributed by atoms with van der Waals surface area (Å²) in [6, 6.07) is 8.78. The van der Waals surface area contributed by atoms with Crippen molar-refractivity contribution in [3.63, 3.8) is 0 Å². The Morgan fingerprint density at radius 2 is 2.00 bits per heavy atom. The summed E-state index contributed by atoms with van der Waals surface area (Å²) in [5.74, 6) is 0.565. The quantitative estimate of drug-likeness (QED) is 0.802. The first-order chi connectivity index (χ1) is 6.29. The highest BCUT2D eigenvalue weighted by Crippen LogP contribution is 2.36. The van der Waals surface area contributed by atoms with Gasteiger partial charge < -0.3 is 5.73 Å². The van der Waals surface area contributed by atoms with Crippen LogP contribution in [0.1, 0.15) is 30.7 Å². The Bertz CT molecular complexity index is 298. The molecule has 1 aliphatic carbocycles. The Balaban J connectivity index is 2.29. The summed E-state index contributed by atoms with van der Waals surface area (Å²) >= 11 is 3.58. The molecule has 1 aromatic carbocycles. The summed E-state index contributed by atoms with van der Waals surface area (Å²) in [4.78, 5) is 0. The van der Waals surface area contributed by atoms with Crippen LogP contribution in [0.3, 0.4) is 0 Å². The van der Waals surface area contributed by atoms with Crippen molar-refractivity contribution >= 4 is 15.9 Å². The minimum absolute atomic E-state index is 0.360. The molecule has 2 heteroatoms. The average Bonchev–Trinajstić information content (AvgIpc) is 2.52. The highest BCUT2D eigenvalue weighted by atomic mass is 79.9. The van der Waals surface area contributed by atoms with E-state index in [1.165, 1.54) is 29.3 Å². The fraction of sp³-hybridized carbons (Fsp3) is 0.455. The third-order valence-corrected chi connectivity index (χ3v) is 3.60. The second-order valence-corrected chi connectivity index (χ2v) is 4.58. The third kappa shape index (κ3) is 1.79. The molecule has 0 aromatic heterocycles. The van der Waals surface area contributed by atoms with Gasteiger partial charge in [0, 0.05) is 16.4 Å². The van der Waals surface area contributed by atoms with Crippen molar-refractivity contribution < 1.29 is 0 Å². The molecule has 70 valence electrons. The van der Waals surface area contributed by atoms with Crippen LogP contribution in [-0.2, 0) is 0 Å². The summed E-state index contributed by atoms with van der Waals surface area (Å²) in [7, 11) is 0. The van der Waals surface area contributed by atoms with Crippen LogP contribution in [0.5, 0.6) is 0 Å². The van der Waals surface area contributed by atoms with Gasteiger partial charge in [-0.15, -0.1) is 0 Å². The van der Waals surface area contributed by atoms with Crippen molar-refractivity contribution in [3.05, 3.63) is 34.3 Å². The predicted octanol–water partition coefficient (Wildman–Crippen LogP) is 3.04. The van der Waals surface area contributed by atoms with Gasteiger partial charge in [0.05, 0.1) is 0 Å². The zero-order chi connectivity index (χ0) is 9.26. The van der Waals surface area contributed by atoms with E-state index < -0.39 is 0 Å². The summed E-state index contributed by atoms with van der Waals surface area (Å²) < 4.78 is 1.21. The summed E-state index contributed by atoms with van der Waals surface area (Å²) in [5, 5.41) is 0. The highest BCUT2D eigenvalue weighted by Gasteiger charge is 2.26. The minimum Gasteiger partial charge on any atom is -0.327 e. The zero-order valence-electron chi connectivity index (χ0n) is 7.54. The molecule has 0 unspecified atom stereocenters. The van der Waals surface area contributed by atoms with Crippen molar-refractivity contribution in [2.45, 2.75) is 31.2 Å². The Morgan fingerprint density at radius 3 is 2.62 bits per heavy atom. The number of benzene rings is 1. The number of nitrogens with two attached hydrogens (primary N) is 1. The Hall–Kier alpha value is -0.340. The lowest BCUT2D eigenvalue weighted by Crippen LogP contribution is -2.22. The van der Waals surface area contributed by atoms with Gasteiger partial charge in [-0.3, -0.25) is 0 Å². The van der Waals surface area contributed by atoms with E-state index in [2.05, 4.69) is 34.1 Å². The van der Waals surface area contributed by atoms with E-state index in [1.54, 1.807) is 0 Å². The third-order valence-electron chi connectivity index (χ3n) is 2.87. The van der Waals surface area contributed by atoms with Gasteiger partial charge in [0.25, 0.3) is 0 Å². The average molecular weight is 240 g/mol. The molecular weight excluding hydrogens is 226 g/mol. The topological polar surface area (TPSA) is 26.0 Å². The van der Waals surface area contributed by atoms with Crippen LogP contribution in [0.15, 0.2) is 28.7 Å². The molecule has 0 heterocycles. The van der Waals surface area contributed by atoms with Crippen molar-refractivity contribution in [2.24, 2.45) is 5.73 Å². The molecular formula is C11H14BrN. The van der Waals surface area contributed by atoms with E-state index in [-0.39, 0.29) is 0 Å². The Labute approximate surface area is 87.5 Å². The van der Waals surface area contributed by atoms with Crippen LogP contribution in [0.2, 0.25) is 0 Å². The lowest BCUT2D eigenvalue weighted by Gasteiger charge is -2.16. The van der Waals surface area contributed by atoms with Crippen LogP contribution >= 0.6 is 15.9 Å². The van der Waals surface area contributed by atoms with Gasteiger partial charge in [0.1, 0.15) is 0 Å². The second kappa shape index (κ2) is 3.81. The van der Waals surface area contributed by atoms with Crippen molar-refractivity contribution in [2.75, 3.05) is 0 Å². The molecule has 1 saturated carbocycles. The van der Waals surface area contributed by atoms with E-state index in [1.807, 2.05) is 6.07 Å². The standard InChI is InChI=1S/C11H14BrN/c12-10-6-2-1-4-8(10)9-5-3-7-11(9)13/h1-2,4,6,9,11H,3,5,7,13H2/t9-,11+/m0/s1. The van der Waals surface area contributed by atoms with E-state index in [9.17, 15) is 0 Å². The molecule has 0 bridgehead atoms. The highest BCUT2D eigenvalue weighted by molar-refractivity contribution is 9.10. The maximum Gasteiger partial charge on any atom is 0.0210 e. The van der Waals surface area contributed by atoms with E-state index in [0.29, 0.717) is 12.0 Å². The molecule has 0 saturated heterocycles. The molecule has 0 aliphatic heterocycles. The molecule has 2 N–H and O–H groups in total. The largest absolute Gasteiger partial charge is 0.327 e. The molecule has 0 spiro atoms. The monoisotopic (exact) mass is 239 g/mol. The molecule has 1 fully saturated rings. The van der Waals surface area contributed by atoms with Gasteiger partial charge in [-0.25, -0.2) is 0 Å². The molecule has 1 aliphatic rings. The SMILES string of the molecule is N[C@@H]1CCC[C@H]1c1ccccc1Br. The van der Waals surface area contributed by atoms with Crippen LogP contribution < -0.4 is 5.73 Å². The van der Waals surface area contributed by atoms with Crippen molar-refractivity contribution in [1.29, 1.82) is 0 Å². The Morgan fingerprint density at radius 1 is 1.23 bits per heavy atom. The number of hydrogen-bond acceptors (Lipinski definition) is 1. The molecule has 2 atom stereocenters. The summed E-state index contributed by atoms with van der Waals surface area (Å²) in [6.45, 7) is 0. The normalized spacial score (nSPS) is 27.8. The van der Waals surface area contributed by atoms with Gasteiger partial charge >= 0.3 is 0 Å². The first-order valence-corrected chi connectivity index (χ1v) is 5.58. The van der Waals surface area contributed by atoms with E-state index in [0.717, 1.165) is 0 Å². The molecule has 1 aromatic rings. The van der Waals surface area contributed by atoms with Crippen molar-refractivity contribution in [3.8, 4) is 0 Å². The molecule has 2 rings (SSSR count). The maximum atomic E-state index is 6.06. The zero-order valence-corrected chi connectivity index (χ0v) is 9.13. The lowest BCUT2D eigenvalue weighted by molar-refractivity contribution is 0.611. The molecule has 1 nitrogen and oxygen atoms in total. The second-order valence-electron chi connectivity index (χ2n) is 3.72. The van der Waals surface area contributed by atoms with Gasteiger partial charge in [-0.05, 0) is 24.5 Å². The van der Waals surface area contributed by atoms with Crippen LogP contribution in [0, 0.1) is 0 Å². The fourth-order valence-corrected chi connectivity index (χ4v) is 2.73. The fourth-order valence-electron chi connectivity index (χ4n) is 2.15. The Kier molecular flexibility index (Phi) is 2.70. The number of rotatable bonds is 1. The first kappa shape index (κ1) is 9.22. The van der Waals surface area contributed by atoms with E-state index >= 15 is 0 Å². The van der Waals surface area contributed by atoms with Gasteiger partial charge in [0.15, 0.2) is 0 Å². The first-order valence-electron chi connectivity index (χ1n) is 4.79. The molecule has 13 heavy (non-hydrogen) atoms. The number of hydrogen-bond donors (Lipinski definition) is 1. The summed E-state index contributed by atoms with van der Waals surface area (Å²) in [5.41, 5.74) is 7.44. The number of halogens is 1. The van der Waals surface area contributed by atoms with Crippen molar-refractivity contribution in [1.82, 2.24) is 0 Å². The van der Waals surface area contributed by atoms with Gasteiger partial charge in [-0.1, -0.05) is 40.5 Å². The molecule has 0 radical (unpaired) electrons. The maximum absolute atomic E-state index is 6.06. The van der Waals surface area contributed by atoms with Gasteiger partial charge in [-0.2, -0.15) is 0 Å². The van der Waals surface area contributed by atoms with Crippen LogP contribution in [0.4, 0.5) is 0 Å².